The SMILES string of the molecule is Cc1cc(Sc2ncccn2)ccc1NC(=O)NCC1(N2CCOCC2)CCSC1. The van der Waals surface area contributed by atoms with E-state index in [1.54, 1.807) is 18.5 Å². The standard InChI is InChI=1S/C21H27N5O2S2/c1-16-13-17(30-20-22-6-2-7-23-20)3-4-18(16)25-19(27)24-14-21(5-12-29-15-21)26-8-10-28-11-9-26/h2-4,6-7,13H,5,8-12,14-15H2,1H3,(H2,24,25,27). The second-order valence-corrected chi connectivity index (χ2v) is 9.69. The number of aryl methyl sites for hydroxylation is 1. The van der Waals surface area contributed by atoms with Crippen molar-refractivity contribution in [3.8, 4) is 0 Å². The van der Waals surface area contributed by atoms with Gasteiger partial charge in [0.2, 0.25) is 0 Å². The van der Waals surface area contributed by atoms with Gasteiger partial charge in [0.15, 0.2) is 5.16 Å². The molecule has 1 aromatic carbocycles. The predicted molar refractivity (Wildman–Crippen MR) is 121 cm³/mol. The van der Waals surface area contributed by atoms with Crippen molar-refractivity contribution in [3.05, 3.63) is 42.2 Å². The second kappa shape index (κ2) is 10.00. The van der Waals surface area contributed by atoms with Crippen LogP contribution in [-0.4, -0.2) is 70.8 Å². The Kier molecular flexibility index (Phi) is 7.14. The summed E-state index contributed by atoms with van der Waals surface area (Å²) >= 11 is 3.47. The van der Waals surface area contributed by atoms with Gasteiger partial charge in [-0.05, 0) is 60.7 Å². The molecule has 160 valence electrons. The number of carbonyl (C=O) groups is 1. The number of hydrogen-bond acceptors (Lipinski definition) is 7. The van der Waals surface area contributed by atoms with Gasteiger partial charge in [-0.25, -0.2) is 14.8 Å². The van der Waals surface area contributed by atoms with Crippen LogP contribution in [0.4, 0.5) is 10.5 Å². The van der Waals surface area contributed by atoms with E-state index in [2.05, 4.69) is 25.5 Å². The summed E-state index contributed by atoms with van der Waals surface area (Å²) in [4.78, 5) is 24.6. The molecule has 2 fully saturated rings. The summed E-state index contributed by atoms with van der Waals surface area (Å²) in [6, 6.07) is 7.60. The molecular formula is C21H27N5O2S2. The van der Waals surface area contributed by atoms with Crippen LogP contribution in [0.5, 0.6) is 0 Å². The first-order chi connectivity index (χ1) is 14.6. The summed E-state index contributed by atoms with van der Waals surface area (Å²) < 4.78 is 5.51. The molecule has 2 saturated heterocycles. The fraction of sp³-hybridized carbons (Fsp3) is 0.476. The molecular weight excluding hydrogens is 418 g/mol. The Morgan fingerprint density at radius 1 is 1.30 bits per heavy atom. The Hall–Kier alpha value is -1.81. The van der Waals surface area contributed by atoms with E-state index in [-0.39, 0.29) is 11.6 Å². The first kappa shape index (κ1) is 21.4. The van der Waals surface area contributed by atoms with E-state index in [9.17, 15) is 4.79 Å². The average Bonchev–Trinajstić information content (AvgIpc) is 3.26. The van der Waals surface area contributed by atoms with E-state index in [1.807, 2.05) is 36.9 Å². The molecule has 1 aromatic heterocycles. The van der Waals surface area contributed by atoms with Gasteiger partial charge >= 0.3 is 6.03 Å². The number of amides is 2. The van der Waals surface area contributed by atoms with Crippen LogP contribution in [0.3, 0.4) is 0 Å². The number of aromatic nitrogens is 2. The minimum absolute atomic E-state index is 0.0387. The largest absolute Gasteiger partial charge is 0.379 e. The number of anilines is 1. The van der Waals surface area contributed by atoms with Gasteiger partial charge in [-0.2, -0.15) is 11.8 Å². The van der Waals surface area contributed by atoms with Crippen LogP contribution >= 0.6 is 23.5 Å². The zero-order valence-electron chi connectivity index (χ0n) is 17.1. The average molecular weight is 446 g/mol. The summed E-state index contributed by atoms with van der Waals surface area (Å²) in [5, 5.41) is 6.83. The number of benzene rings is 1. The lowest BCUT2D eigenvalue weighted by Gasteiger charge is -2.43. The highest BCUT2D eigenvalue weighted by atomic mass is 32.2. The smallest absolute Gasteiger partial charge is 0.319 e. The van der Waals surface area contributed by atoms with Crippen LogP contribution in [0, 0.1) is 6.92 Å². The van der Waals surface area contributed by atoms with Gasteiger partial charge in [-0.3, -0.25) is 4.90 Å². The number of hydrogen-bond donors (Lipinski definition) is 2. The van der Waals surface area contributed by atoms with E-state index in [4.69, 9.17) is 4.74 Å². The molecule has 30 heavy (non-hydrogen) atoms. The fourth-order valence-corrected chi connectivity index (χ4v) is 6.12. The first-order valence-electron chi connectivity index (χ1n) is 10.2. The molecule has 1 unspecified atom stereocenters. The number of urea groups is 1. The minimum atomic E-state index is -0.158. The van der Waals surface area contributed by atoms with Crippen molar-refractivity contribution in [1.82, 2.24) is 20.2 Å². The Labute approximate surface area is 185 Å². The van der Waals surface area contributed by atoms with Crippen LogP contribution in [0.25, 0.3) is 0 Å². The second-order valence-electron chi connectivity index (χ2n) is 7.54. The quantitative estimate of drug-likeness (QED) is 0.661. The summed E-state index contributed by atoms with van der Waals surface area (Å²) in [5.41, 5.74) is 1.86. The van der Waals surface area contributed by atoms with Gasteiger partial charge in [0.25, 0.3) is 0 Å². The fourth-order valence-electron chi connectivity index (χ4n) is 3.83. The molecule has 2 aromatic rings. The molecule has 0 spiro atoms. The van der Waals surface area contributed by atoms with Crippen molar-refractivity contribution < 1.29 is 9.53 Å². The van der Waals surface area contributed by atoms with Crippen LogP contribution in [0.1, 0.15) is 12.0 Å². The van der Waals surface area contributed by atoms with Crippen LogP contribution in [0.2, 0.25) is 0 Å². The number of morpholine rings is 1. The molecule has 2 N–H and O–H groups in total. The van der Waals surface area contributed by atoms with Gasteiger partial charge in [-0.15, -0.1) is 0 Å². The van der Waals surface area contributed by atoms with E-state index in [0.717, 1.165) is 60.4 Å². The lowest BCUT2D eigenvalue weighted by Crippen LogP contribution is -2.59. The molecule has 0 radical (unpaired) electrons. The topological polar surface area (TPSA) is 79.4 Å². The summed E-state index contributed by atoms with van der Waals surface area (Å²) in [5.74, 6) is 2.20. The molecule has 0 aliphatic carbocycles. The number of rotatable bonds is 6. The third-order valence-corrected chi connectivity index (χ3v) is 7.66. The highest BCUT2D eigenvalue weighted by molar-refractivity contribution is 7.99. The zero-order chi connectivity index (χ0) is 20.8. The highest BCUT2D eigenvalue weighted by Gasteiger charge is 2.40. The maximum atomic E-state index is 12.6. The van der Waals surface area contributed by atoms with E-state index >= 15 is 0 Å². The van der Waals surface area contributed by atoms with E-state index < -0.39 is 0 Å². The summed E-state index contributed by atoms with van der Waals surface area (Å²) in [7, 11) is 0. The normalized spacial score (nSPS) is 22.0. The van der Waals surface area contributed by atoms with Crippen molar-refractivity contribution in [3.63, 3.8) is 0 Å². The third-order valence-electron chi connectivity index (χ3n) is 5.54. The number of carbonyl (C=O) groups excluding carboxylic acids is 1. The Morgan fingerprint density at radius 2 is 2.10 bits per heavy atom. The first-order valence-corrected chi connectivity index (χ1v) is 12.1. The third kappa shape index (κ3) is 5.26. The van der Waals surface area contributed by atoms with Crippen molar-refractivity contribution in [2.75, 3.05) is 49.7 Å². The molecule has 2 aliphatic heterocycles. The van der Waals surface area contributed by atoms with Gasteiger partial charge in [0.1, 0.15) is 0 Å². The van der Waals surface area contributed by atoms with Crippen LogP contribution in [-0.2, 0) is 4.74 Å². The predicted octanol–water partition coefficient (Wildman–Crippen LogP) is 3.27. The summed E-state index contributed by atoms with van der Waals surface area (Å²) in [6.07, 6.45) is 4.56. The molecule has 7 nitrogen and oxygen atoms in total. The Balaban J connectivity index is 1.34. The molecule has 0 bridgehead atoms. The lowest BCUT2D eigenvalue weighted by molar-refractivity contribution is -0.0123. The molecule has 0 saturated carbocycles. The Morgan fingerprint density at radius 3 is 2.80 bits per heavy atom. The van der Waals surface area contributed by atoms with Crippen molar-refractivity contribution in [1.29, 1.82) is 0 Å². The van der Waals surface area contributed by atoms with Crippen molar-refractivity contribution in [2.24, 2.45) is 0 Å². The molecule has 4 rings (SSSR count). The van der Waals surface area contributed by atoms with Crippen molar-refractivity contribution >= 4 is 35.2 Å². The van der Waals surface area contributed by atoms with Gasteiger partial charge in [-0.1, -0.05) is 0 Å². The minimum Gasteiger partial charge on any atom is -0.379 e. The lowest BCUT2D eigenvalue weighted by atomic mass is 9.95. The zero-order valence-corrected chi connectivity index (χ0v) is 18.7. The van der Waals surface area contributed by atoms with E-state index in [0.29, 0.717) is 11.7 Å². The number of nitrogens with zero attached hydrogens (tertiary/aromatic N) is 3. The van der Waals surface area contributed by atoms with Gasteiger partial charge < -0.3 is 15.4 Å². The maximum absolute atomic E-state index is 12.6. The van der Waals surface area contributed by atoms with Crippen LogP contribution < -0.4 is 10.6 Å². The van der Waals surface area contributed by atoms with Crippen LogP contribution in [0.15, 0.2) is 46.7 Å². The van der Waals surface area contributed by atoms with Gasteiger partial charge in [0.05, 0.1) is 13.2 Å². The molecule has 1 atom stereocenters. The number of ether oxygens (including phenoxy) is 1. The molecule has 9 heteroatoms. The maximum Gasteiger partial charge on any atom is 0.319 e. The number of nitrogens with one attached hydrogen (secondary N) is 2. The monoisotopic (exact) mass is 445 g/mol. The number of thioether (sulfide) groups is 1. The molecule has 2 aliphatic rings. The van der Waals surface area contributed by atoms with E-state index in [1.165, 1.54) is 11.8 Å². The highest BCUT2D eigenvalue weighted by Crippen LogP contribution is 2.33. The molecule has 2 amide bonds. The Bertz CT molecular complexity index is 856. The summed E-state index contributed by atoms with van der Waals surface area (Å²) in [6.45, 7) is 6.07. The molecule has 3 heterocycles. The van der Waals surface area contributed by atoms with Gasteiger partial charge in [0, 0.05) is 53.9 Å². The van der Waals surface area contributed by atoms with Crippen molar-refractivity contribution in [2.45, 2.75) is 28.9 Å².